The number of ketones is 6. The SMILES string of the molecule is C.C.C.C.C.C.CC(=O)C1CCCOC1.CC(C)C(=O)C1CCC(O)CC1.CC(C)C(=O)C1CCOCC1.CC(C)C(=O)CN1CCC(O)CC1.CC(C)C(=O)CN1CCOCC1.[CH2-]C([CH2-])CC(=O)C(C)(C)C.[K+]. The Hall–Kier alpha value is -0.624. The second-order valence-electron chi connectivity index (χ2n) is 21.4. The average Bonchev–Trinajstić information content (AvgIpc) is 3.28. The van der Waals surface area contributed by atoms with Crippen molar-refractivity contribution in [1.29, 1.82) is 0 Å². The molecule has 1 saturated carbocycles. The van der Waals surface area contributed by atoms with Crippen LogP contribution in [0.1, 0.15) is 198 Å². The minimum Gasteiger partial charge on any atom is -0.393 e. The number of aliphatic hydroxyl groups is 2. The first-order valence-electron chi connectivity index (χ1n) is 25.6. The van der Waals surface area contributed by atoms with Crippen LogP contribution in [-0.4, -0.2) is 146 Å². The van der Waals surface area contributed by atoms with Crippen molar-refractivity contribution in [3.8, 4) is 0 Å². The van der Waals surface area contributed by atoms with E-state index in [1.165, 1.54) is 0 Å². The van der Waals surface area contributed by atoms with Crippen LogP contribution >= 0.6 is 0 Å². The summed E-state index contributed by atoms with van der Waals surface area (Å²) in [5, 5.41) is 18.5. The Bertz CT molecular complexity index is 1380. The summed E-state index contributed by atoms with van der Waals surface area (Å²) in [5.41, 5.74) is -0.229. The van der Waals surface area contributed by atoms with Crippen LogP contribution in [0.5, 0.6) is 0 Å². The van der Waals surface area contributed by atoms with Crippen molar-refractivity contribution < 1.29 is 105 Å². The van der Waals surface area contributed by atoms with Gasteiger partial charge in [0.2, 0.25) is 0 Å². The van der Waals surface area contributed by atoms with Crippen molar-refractivity contribution in [2.75, 3.05) is 78.9 Å². The van der Waals surface area contributed by atoms with Gasteiger partial charge in [0.1, 0.15) is 34.7 Å². The number of ether oxygens (including phenoxy) is 3. The van der Waals surface area contributed by atoms with Crippen molar-refractivity contribution in [2.45, 2.75) is 210 Å². The zero-order valence-electron chi connectivity index (χ0n) is 45.4. The Balaban J connectivity index is -0.000000116. The molecule has 74 heavy (non-hydrogen) atoms. The van der Waals surface area contributed by atoms with Gasteiger partial charge in [0.05, 0.1) is 45.1 Å². The number of morpholine rings is 1. The first-order chi connectivity index (χ1) is 31.3. The fourth-order valence-electron chi connectivity index (χ4n) is 7.56. The van der Waals surface area contributed by atoms with Gasteiger partial charge in [0.15, 0.2) is 0 Å². The van der Waals surface area contributed by atoms with E-state index >= 15 is 0 Å². The third-order valence-electron chi connectivity index (χ3n) is 12.6. The van der Waals surface area contributed by atoms with E-state index in [9.17, 15) is 39.0 Å². The summed E-state index contributed by atoms with van der Waals surface area (Å²) in [7, 11) is 0. The molecule has 1 unspecified atom stereocenters. The van der Waals surface area contributed by atoms with Gasteiger partial charge in [-0.2, -0.15) is 0 Å². The zero-order chi connectivity index (χ0) is 51.3. The van der Waals surface area contributed by atoms with Crippen molar-refractivity contribution in [2.24, 2.45) is 52.8 Å². The second-order valence-corrected chi connectivity index (χ2v) is 21.4. The van der Waals surface area contributed by atoms with E-state index in [2.05, 4.69) is 23.6 Å². The van der Waals surface area contributed by atoms with E-state index in [4.69, 9.17) is 14.2 Å². The summed E-state index contributed by atoms with van der Waals surface area (Å²) in [6.45, 7) is 39.5. The number of carbonyl (C=O) groups excluding carboxylic acids is 6. The monoisotopic (exact) mass is 1090 g/mol. The van der Waals surface area contributed by atoms with Crippen LogP contribution in [0.2, 0.25) is 0 Å². The summed E-state index contributed by atoms with van der Waals surface area (Å²) in [6, 6.07) is 0. The number of nitrogens with zero attached hydrogens (tertiary/aromatic N) is 2. The maximum Gasteiger partial charge on any atom is 1.00 e. The minimum atomic E-state index is -0.229. The fraction of sp³-hybridized carbons (Fsp3) is 0.867. The molecule has 4 heterocycles. The van der Waals surface area contributed by atoms with E-state index in [1.54, 1.807) is 6.92 Å². The molecule has 2 N–H and O–H groups in total. The van der Waals surface area contributed by atoms with Crippen molar-refractivity contribution in [3.63, 3.8) is 0 Å². The smallest absolute Gasteiger partial charge is 0.393 e. The second kappa shape index (κ2) is 50.6. The predicted molar refractivity (Wildman–Crippen MR) is 308 cm³/mol. The first kappa shape index (κ1) is 89.9. The largest absolute Gasteiger partial charge is 1.00 e. The number of hydrogen-bond acceptors (Lipinski definition) is 13. The van der Waals surface area contributed by atoms with Crippen molar-refractivity contribution in [1.82, 2.24) is 9.80 Å². The van der Waals surface area contributed by atoms with Gasteiger partial charge in [-0.25, -0.2) is 0 Å². The summed E-state index contributed by atoms with van der Waals surface area (Å²) >= 11 is 0. The Morgan fingerprint density at radius 1 is 0.514 bits per heavy atom. The molecule has 0 aromatic rings. The number of carbonyl (C=O) groups is 6. The molecule has 5 rings (SSSR count). The average molecular weight is 1090 g/mol. The van der Waals surface area contributed by atoms with Gasteiger partial charge < -0.3 is 38.3 Å². The van der Waals surface area contributed by atoms with Crippen molar-refractivity contribution in [3.05, 3.63) is 13.8 Å². The van der Waals surface area contributed by atoms with Crippen molar-refractivity contribution >= 4 is 34.7 Å². The van der Waals surface area contributed by atoms with E-state index in [-0.39, 0.29) is 172 Å². The molecule has 4 saturated heterocycles. The van der Waals surface area contributed by atoms with Crippen LogP contribution in [0.15, 0.2) is 0 Å². The number of Topliss-reactive ketones (excluding diaryl/α,β-unsaturated/α-hetero) is 6. The molecule has 5 aliphatic rings. The summed E-state index contributed by atoms with van der Waals surface area (Å²) in [6.07, 6.45) is 9.13. The molecule has 4 aliphatic heterocycles. The molecular weight excluding hydrogens is 964 g/mol. The van der Waals surface area contributed by atoms with Gasteiger partial charge in [-0.15, -0.1) is 0 Å². The van der Waals surface area contributed by atoms with Gasteiger partial charge in [-0.3, -0.25) is 44.5 Å². The normalized spacial score (nSPS) is 20.0. The van der Waals surface area contributed by atoms with Crippen LogP contribution in [-0.2, 0) is 43.0 Å². The molecule has 1 aliphatic carbocycles. The maximum absolute atomic E-state index is 11.5. The molecular formula is C60H122KN2O11-. The molecule has 0 amide bonds. The Kier molecular flexibility index (Phi) is 61.5. The van der Waals surface area contributed by atoms with Crippen LogP contribution in [0, 0.1) is 66.6 Å². The van der Waals surface area contributed by atoms with Gasteiger partial charge in [0, 0.05) is 92.8 Å². The van der Waals surface area contributed by atoms with Crippen LogP contribution in [0.4, 0.5) is 0 Å². The maximum atomic E-state index is 11.5. The van der Waals surface area contributed by atoms with E-state index in [0.29, 0.717) is 49.3 Å². The molecule has 0 radical (unpaired) electrons. The third kappa shape index (κ3) is 44.3. The van der Waals surface area contributed by atoms with Gasteiger partial charge >= 0.3 is 51.4 Å². The minimum absolute atomic E-state index is 0. The third-order valence-corrected chi connectivity index (χ3v) is 12.6. The summed E-state index contributed by atoms with van der Waals surface area (Å²) in [4.78, 5) is 71.9. The molecule has 0 aromatic carbocycles. The molecule has 0 bridgehead atoms. The molecule has 13 nitrogen and oxygen atoms in total. The predicted octanol–water partition coefficient (Wildman–Crippen LogP) is 8.71. The van der Waals surface area contributed by atoms with Gasteiger partial charge in [-0.1, -0.05) is 121 Å². The molecule has 1 atom stereocenters. The quantitative estimate of drug-likeness (QED) is 0.132. The Morgan fingerprint density at radius 2 is 0.892 bits per heavy atom. The molecule has 440 valence electrons. The Morgan fingerprint density at radius 3 is 1.20 bits per heavy atom. The molecule has 0 aromatic heterocycles. The first-order valence-corrected chi connectivity index (χ1v) is 25.6. The number of hydrogen-bond donors (Lipinski definition) is 2. The number of aliphatic hydroxyl groups excluding tert-OH is 2. The van der Waals surface area contributed by atoms with E-state index < -0.39 is 0 Å². The Labute approximate surface area is 501 Å². The van der Waals surface area contributed by atoms with Gasteiger partial charge in [-0.05, 0) is 77.6 Å². The number of rotatable bonds is 13. The fourth-order valence-corrected chi connectivity index (χ4v) is 7.56. The summed E-state index contributed by atoms with van der Waals surface area (Å²) in [5.74, 6) is 3.27. The van der Waals surface area contributed by atoms with Crippen LogP contribution < -0.4 is 51.4 Å². The zero-order valence-corrected chi connectivity index (χ0v) is 48.5. The van der Waals surface area contributed by atoms with Crippen LogP contribution in [0.3, 0.4) is 0 Å². The summed E-state index contributed by atoms with van der Waals surface area (Å²) < 4.78 is 15.5. The number of likely N-dealkylation sites (tertiary alicyclic amines) is 1. The number of piperidine rings is 1. The molecule has 14 heteroatoms. The van der Waals surface area contributed by atoms with Crippen LogP contribution in [0.25, 0.3) is 0 Å². The van der Waals surface area contributed by atoms with Gasteiger partial charge in [0.25, 0.3) is 0 Å². The van der Waals surface area contributed by atoms with E-state index in [0.717, 1.165) is 123 Å². The molecule has 0 spiro atoms. The van der Waals surface area contributed by atoms with E-state index in [1.807, 2.05) is 76.2 Å². The molecule has 5 fully saturated rings. The standard InChI is InChI=1S/C10H19NO2.C10H18O2.C9H17NO2.C9H16O2.C9H16O.C7H12O2.6CH4.K/c1-8(2)10(13)7-11-5-3-9(12)4-6-11;1-7(2)10(12)8-3-5-9(11)6-4-8;1-8(2)9(11)7-10-3-5-12-6-4-10;1-7(2)9(10)8-3-5-11-6-4-8;1-7(2)6-8(10)9(3,4)5;1-6(8)7-3-2-4-9-5-7;;;;;;;/h8-9,12H,3-7H2,1-2H3;7-9,11H,3-6H2,1-2H3;8H,3-7H2,1-2H3;7-8H,3-6H2,1-2H3;7H,1-2,6H2,3-5H3;7H,2-5H2,1H3;6*1H4;/q;;;;-2;;;;;;;;+1. The topological polar surface area (TPSA) is 177 Å².